The highest BCUT2D eigenvalue weighted by atomic mass is 32.2. The molecule has 2 aliphatic rings. The van der Waals surface area contributed by atoms with Crippen molar-refractivity contribution < 1.29 is 8.42 Å². The second-order valence-corrected chi connectivity index (χ2v) is 6.18. The van der Waals surface area contributed by atoms with Crippen LogP contribution in [0.25, 0.3) is 0 Å². The number of nitrogens with one attached hydrogen (secondary N) is 2. The Morgan fingerprint density at radius 1 is 0.733 bits per heavy atom. The largest absolute Gasteiger partial charge is 0.277 e. The molecule has 0 spiro atoms. The minimum Gasteiger partial charge on any atom is -0.199 e. The van der Waals surface area contributed by atoms with E-state index in [0.717, 1.165) is 51.4 Å². The predicted molar refractivity (Wildman–Crippen MR) is 59.7 cm³/mol. The van der Waals surface area contributed by atoms with E-state index >= 15 is 0 Å². The van der Waals surface area contributed by atoms with Crippen LogP contribution in [0.15, 0.2) is 0 Å². The molecule has 2 aliphatic carbocycles. The molecule has 0 amide bonds. The zero-order valence-electron chi connectivity index (χ0n) is 9.04. The first-order chi connectivity index (χ1) is 7.16. The molecular formula is C10H20N2O2S. The summed E-state index contributed by atoms with van der Waals surface area (Å²) in [6.07, 6.45) is 8.56. The molecule has 0 aromatic heterocycles. The molecule has 2 N–H and O–H groups in total. The van der Waals surface area contributed by atoms with E-state index in [1.54, 1.807) is 0 Å². The molecule has 0 aromatic carbocycles. The Morgan fingerprint density at radius 2 is 1.07 bits per heavy atom. The summed E-state index contributed by atoms with van der Waals surface area (Å²) in [6, 6.07) is 0.341. The molecule has 0 aromatic rings. The van der Waals surface area contributed by atoms with Crippen molar-refractivity contribution in [1.29, 1.82) is 0 Å². The minimum atomic E-state index is -3.25. The Balaban J connectivity index is 1.82. The van der Waals surface area contributed by atoms with Gasteiger partial charge in [-0.3, -0.25) is 0 Å². The lowest BCUT2D eigenvalue weighted by molar-refractivity contribution is 0.518. The summed E-state index contributed by atoms with van der Waals surface area (Å²) in [7, 11) is -3.25. The van der Waals surface area contributed by atoms with Gasteiger partial charge in [0.1, 0.15) is 0 Å². The first kappa shape index (κ1) is 11.4. The van der Waals surface area contributed by atoms with Gasteiger partial charge in [0, 0.05) is 12.1 Å². The molecule has 2 rings (SSSR count). The lowest BCUT2D eigenvalue weighted by Crippen LogP contribution is -2.45. The molecule has 88 valence electrons. The Morgan fingerprint density at radius 3 is 1.40 bits per heavy atom. The van der Waals surface area contributed by atoms with Crippen molar-refractivity contribution >= 4 is 10.2 Å². The van der Waals surface area contributed by atoms with E-state index in [-0.39, 0.29) is 12.1 Å². The van der Waals surface area contributed by atoms with E-state index in [9.17, 15) is 8.42 Å². The Kier molecular flexibility index (Phi) is 3.64. The summed E-state index contributed by atoms with van der Waals surface area (Å²) < 4.78 is 28.9. The molecule has 2 fully saturated rings. The maximum absolute atomic E-state index is 11.7. The molecule has 0 saturated heterocycles. The van der Waals surface area contributed by atoms with E-state index in [1.807, 2.05) is 0 Å². The zero-order valence-corrected chi connectivity index (χ0v) is 9.85. The number of rotatable bonds is 4. The van der Waals surface area contributed by atoms with E-state index in [0.29, 0.717) is 0 Å². The van der Waals surface area contributed by atoms with Crippen molar-refractivity contribution in [2.45, 2.75) is 63.5 Å². The third kappa shape index (κ3) is 3.43. The molecule has 0 bridgehead atoms. The fourth-order valence-corrected chi connectivity index (χ4v) is 3.98. The fraction of sp³-hybridized carbons (Fsp3) is 1.00. The van der Waals surface area contributed by atoms with Gasteiger partial charge in [0.15, 0.2) is 0 Å². The van der Waals surface area contributed by atoms with Gasteiger partial charge in [-0.2, -0.15) is 17.9 Å². The summed E-state index contributed by atoms with van der Waals surface area (Å²) in [5.41, 5.74) is 0. The van der Waals surface area contributed by atoms with Crippen LogP contribution in [0.2, 0.25) is 0 Å². The summed E-state index contributed by atoms with van der Waals surface area (Å²) in [5, 5.41) is 0. The molecule has 0 aliphatic heterocycles. The Bertz CT molecular complexity index is 267. The molecule has 15 heavy (non-hydrogen) atoms. The standard InChI is InChI=1S/C10H20N2O2S/c13-15(14,11-9-5-1-2-6-9)12-10-7-3-4-8-10/h9-12H,1-8H2. The van der Waals surface area contributed by atoms with E-state index < -0.39 is 10.2 Å². The second-order valence-electron chi connectivity index (χ2n) is 4.70. The molecule has 0 radical (unpaired) electrons. The van der Waals surface area contributed by atoms with Crippen molar-refractivity contribution in [2.75, 3.05) is 0 Å². The van der Waals surface area contributed by atoms with Gasteiger partial charge in [-0.1, -0.05) is 25.7 Å². The van der Waals surface area contributed by atoms with Crippen molar-refractivity contribution in [2.24, 2.45) is 0 Å². The van der Waals surface area contributed by atoms with Crippen LogP contribution in [0.3, 0.4) is 0 Å². The van der Waals surface area contributed by atoms with Crippen molar-refractivity contribution in [3.8, 4) is 0 Å². The number of hydrogen-bond donors (Lipinski definition) is 2. The van der Waals surface area contributed by atoms with Gasteiger partial charge in [-0.15, -0.1) is 0 Å². The highest BCUT2D eigenvalue weighted by molar-refractivity contribution is 7.87. The van der Waals surface area contributed by atoms with Crippen LogP contribution in [0.5, 0.6) is 0 Å². The average Bonchev–Trinajstić information content (AvgIpc) is 2.75. The van der Waals surface area contributed by atoms with Gasteiger partial charge in [0.25, 0.3) is 10.2 Å². The highest BCUT2D eigenvalue weighted by Crippen LogP contribution is 2.20. The smallest absolute Gasteiger partial charge is 0.199 e. The summed E-state index contributed by atoms with van der Waals surface area (Å²) in [6.45, 7) is 0. The van der Waals surface area contributed by atoms with Crippen LogP contribution in [-0.2, 0) is 10.2 Å². The first-order valence-corrected chi connectivity index (χ1v) is 7.44. The maximum atomic E-state index is 11.7. The quantitative estimate of drug-likeness (QED) is 0.767. The van der Waals surface area contributed by atoms with Gasteiger partial charge < -0.3 is 0 Å². The molecule has 0 atom stereocenters. The van der Waals surface area contributed by atoms with Crippen LogP contribution >= 0.6 is 0 Å². The molecule has 0 heterocycles. The Hall–Kier alpha value is -0.130. The summed E-state index contributed by atoms with van der Waals surface area (Å²) >= 11 is 0. The van der Waals surface area contributed by atoms with E-state index in [1.165, 1.54) is 0 Å². The van der Waals surface area contributed by atoms with Gasteiger partial charge in [0.2, 0.25) is 0 Å². The lowest BCUT2D eigenvalue weighted by Gasteiger charge is -2.16. The topological polar surface area (TPSA) is 58.2 Å². The molecule has 2 saturated carbocycles. The van der Waals surface area contributed by atoms with Crippen LogP contribution in [-0.4, -0.2) is 20.5 Å². The van der Waals surface area contributed by atoms with Crippen molar-refractivity contribution in [1.82, 2.24) is 9.44 Å². The lowest BCUT2D eigenvalue weighted by atomic mass is 10.3. The minimum absolute atomic E-state index is 0.170. The molecule has 4 nitrogen and oxygen atoms in total. The predicted octanol–water partition coefficient (Wildman–Crippen LogP) is 1.30. The highest BCUT2D eigenvalue weighted by Gasteiger charge is 2.25. The van der Waals surface area contributed by atoms with Crippen LogP contribution in [0.1, 0.15) is 51.4 Å². The van der Waals surface area contributed by atoms with E-state index in [4.69, 9.17) is 0 Å². The van der Waals surface area contributed by atoms with Gasteiger partial charge >= 0.3 is 0 Å². The van der Waals surface area contributed by atoms with Gasteiger partial charge in [0.05, 0.1) is 0 Å². The van der Waals surface area contributed by atoms with Gasteiger partial charge in [-0.05, 0) is 25.7 Å². The first-order valence-electron chi connectivity index (χ1n) is 5.95. The second kappa shape index (κ2) is 4.80. The molecule has 5 heteroatoms. The van der Waals surface area contributed by atoms with Crippen LogP contribution in [0, 0.1) is 0 Å². The third-order valence-corrected chi connectivity index (χ3v) is 4.64. The normalized spacial score (nSPS) is 25.1. The van der Waals surface area contributed by atoms with Crippen molar-refractivity contribution in [3.63, 3.8) is 0 Å². The fourth-order valence-electron chi connectivity index (χ4n) is 2.56. The van der Waals surface area contributed by atoms with Crippen LogP contribution < -0.4 is 9.44 Å². The van der Waals surface area contributed by atoms with Crippen molar-refractivity contribution in [3.05, 3.63) is 0 Å². The monoisotopic (exact) mass is 232 g/mol. The SMILES string of the molecule is O=S(=O)(NC1CCCC1)NC1CCCC1. The third-order valence-electron chi connectivity index (χ3n) is 3.35. The molecule has 0 unspecified atom stereocenters. The maximum Gasteiger partial charge on any atom is 0.277 e. The Labute approximate surface area is 92.0 Å². The zero-order chi connectivity index (χ0) is 10.7. The van der Waals surface area contributed by atoms with E-state index in [2.05, 4.69) is 9.44 Å². The summed E-state index contributed by atoms with van der Waals surface area (Å²) in [4.78, 5) is 0. The van der Waals surface area contributed by atoms with Crippen LogP contribution in [0.4, 0.5) is 0 Å². The summed E-state index contributed by atoms with van der Waals surface area (Å²) in [5.74, 6) is 0. The number of hydrogen-bond acceptors (Lipinski definition) is 2. The average molecular weight is 232 g/mol. The van der Waals surface area contributed by atoms with Gasteiger partial charge in [-0.25, -0.2) is 0 Å². The molecular weight excluding hydrogens is 212 g/mol.